The molecule has 0 saturated carbocycles. The summed E-state index contributed by atoms with van der Waals surface area (Å²) in [6, 6.07) is 13.2. The van der Waals surface area contributed by atoms with Crippen LogP contribution in [0.3, 0.4) is 0 Å². The summed E-state index contributed by atoms with van der Waals surface area (Å²) in [6.45, 7) is 4.20. The largest absolute Gasteiger partial charge is 0.375 e. The number of anilines is 1. The molecule has 0 heterocycles. The van der Waals surface area contributed by atoms with Crippen molar-refractivity contribution in [3.05, 3.63) is 65.5 Å². The molecule has 5 nitrogen and oxygen atoms in total. The fourth-order valence-corrected chi connectivity index (χ4v) is 2.45. The van der Waals surface area contributed by atoms with Crippen molar-refractivity contribution in [1.29, 1.82) is 0 Å². The van der Waals surface area contributed by atoms with Crippen LogP contribution in [0.25, 0.3) is 0 Å². The molecular weight excluding hydrogens is 335 g/mol. The van der Waals surface area contributed by atoms with Gasteiger partial charge in [0.1, 0.15) is 5.82 Å². The molecule has 0 radical (unpaired) electrons. The van der Waals surface area contributed by atoms with Crippen LogP contribution in [0.5, 0.6) is 0 Å². The normalized spacial score (nSPS) is 11.9. The summed E-state index contributed by atoms with van der Waals surface area (Å²) in [6.07, 6.45) is -0.548. The van der Waals surface area contributed by atoms with Crippen molar-refractivity contribution in [2.45, 2.75) is 25.9 Å². The SMILES string of the molecule is COC(CNC(=O)C(=O)Nc1ccc(C(C)C)cc1)c1cccc(F)c1. The van der Waals surface area contributed by atoms with E-state index < -0.39 is 23.7 Å². The first kappa shape index (κ1) is 19.6. The highest BCUT2D eigenvalue weighted by Crippen LogP contribution is 2.18. The van der Waals surface area contributed by atoms with Gasteiger partial charge in [-0.15, -0.1) is 0 Å². The van der Waals surface area contributed by atoms with Crippen molar-refractivity contribution in [3.63, 3.8) is 0 Å². The molecule has 0 saturated heterocycles. The van der Waals surface area contributed by atoms with Crippen LogP contribution in [0.2, 0.25) is 0 Å². The quantitative estimate of drug-likeness (QED) is 0.778. The van der Waals surface area contributed by atoms with Crippen LogP contribution in [-0.2, 0) is 14.3 Å². The van der Waals surface area contributed by atoms with E-state index in [9.17, 15) is 14.0 Å². The molecule has 0 aliphatic rings. The Kier molecular flexibility index (Phi) is 6.86. The lowest BCUT2D eigenvalue weighted by Crippen LogP contribution is -2.38. The number of nitrogens with one attached hydrogen (secondary N) is 2. The van der Waals surface area contributed by atoms with Crippen LogP contribution >= 0.6 is 0 Å². The van der Waals surface area contributed by atoms with Gasteiger partial charge in [0.05, 0.1) is 6.10 Å². The van der Waals surface area contributed by atoms with Gasteiger partial charge in [0.25, 0.3) is 0 Å². The topological polar surface area (TPSA) is 67.4 Å². The van der Waals surface area contributed by atoms with Crippen molar-refractivity contribution in [2.75, 3.05) is 19.0 Å². The Labute approximate surface area is 152 Å². The monoisotopic (exact) mass is 358 g/mol. The zero-order chi connectivity index (χ0) is 19.1. The molecule has 6 heteroatoms. The number of amides is 2. The van der Waals surface area contributed by atoms with Gasteiger partial charge < -0.3 is 15.4 Å². The summed E-state index contributed by atoms with van der Waals surface area (Å²) in [4.78, 5) is 24.0. The number of ether oxygens (including phenoxy) is 1. The number of hydrogen-bond acceptors (Lipinski definition) is 3. The Morgan fingerprint density at radius 1 is 1.04 bits per heavy atom. The van der Waals surface area contributed by atoms with Crippen molar-refractivity contribution in [2.24, 2.45) is 0 Å². The average molecular weight is 358 g/mol. The number of benzene rings is 2. The first-order valence-corrected chi connectivity index (χ1v) is 8.38. The maximum Gasteiger partial charge on any atom is 0.313 e. The number of methoxy groups -OCH3 is 1. The first-order chi connectivity index (χ1) is 12.4. The second-order valence-corrected chi connectivity index (χ2v) is 6.22. The zero-order valence-corrected chi connectivity index (χ0v) is 15.1. The molecule has 2 aromatic rings. The van der Waals surface area contributed by atoms with Crippen LogP contribution < -0.4 is 10.6 Å². The van der Waals surface area contributed by atoms with E-state index in [-0.39, 0.29) is 6.54 Å². The fourth-order valence-electron chi connectivity index (χ4n) is 2.45. The summed E-state index contributed by atoms with van der Waals surface area (Å²) in [5.41, 5.74) is 2.27. The lowest BCUT2D eigenvalue weighted by atomic mass is 10.0. The number of carbonyl (C=O) groups excluding carboxylic acids is 2. The Balaban J connectivity index is 1.90. The van der Waals surface area contributed by atoms with E-state index >= 15 is 0 Å². The molecule has 0 aromatic heterocycles. The Hall–Kier alpha value is -2.73. The molecule has 0 spiro atoms. The van der Waals surface area contributed by atoms with Crippen molar-refractivity contribution < 1.29 is 18.7 Å². The van der Waals surface area contributed by atoms with Crippen LogP contribution in [0.15, 0.2) is 48.5 Å². The third-order valence-electron chi connectivity index (χ3n) is 3.99. The van der Waals surface area contributed by atoms with E-state index in [1.165, 1.54) is 19.2 Å². The smallest absolute Gasteiger partial charge is 0.313 e. The molecule has 138 valence electrons. The molecule has 2 amide bonds. The Morgan fingerprint density at radius 3 is 2.31 bits per heavy atom. The maximum atomic E-state index is 13.3. The molecule has 0 bridgehead atoms. The molecule has 2 aromatic carbocycles. The van der Waals surface area contributed by atoms with Gasteiger partial charge in [-0.25, -0.2) is 4.39 Å². The van der Waals surface area contributed by atoms with Crippen molar-refractivity contribution in [3.8, 4) is 0 Å². The molecule has 1 atom stereocenters. The average Bonchev–Trinajstić information content (AvgIpc) is 2.62. The molecule has 1 unspecified atom stereocenters. The summed E-state index contributed by atoms with van der Waals surface area (Å²) in [7, 11) is 1.46. The highest BCUT2D eigenvalue weighted by atomic mass is 19.1. The van der Waals surface area contributed by atoms with Crippen LogP contribution in [0.4, 0.5) is 10.1 Å². The van der Waals surface area contributed by atoms with Gasteiger partial charge in [-0.05, 0) is 41.3 Å². The molecule has 2 N–H and O–H groups in total. The van der Waals surface area contributed by atoms with E-state index in [1.54, 1.807) is 24.3 Å². The minimum Gasteiger partial charge on any atom is -0.375 e. The molecule has 0 aliphatic heterocycles. The second-order valence-electron chi connectivity index (χ2n) is 6.22. The zero-order valence-electron chi connectivity index (χ0n) is 15.1. The first-order valence-electron chi connectivity index (χ1n) is 8.38. The minimum absolute atomic E-state index is 0.0541. The predicted molar refractivity (Wildman–Crippen MR) is 98.3 cm³/mol. The maximum absolute atomic E-state index is 13.3. The standard InChI is InChI=1S/C20H23FN2O3/c1-13(2)14-7-9-17(10-8-14)23-20(25)19(24)22-12-18(26-3)15-5-4-6-16(21)11-15/h4-11,13,18H,12H2,1-3H3,(H,22,24)(H,23,25). The van der Waals surface area contributed by atoms with Gasteiger partial charge in [-0.2, -0.15) is 0 Å². The highest BCUT2D eigenvalue weighted by Gasteiger charge is 2.17. The lowest BCUT2D eigenvalue weighted by molar-refractivity contribution is -0.136. The van der Waals surface area contributed by atoms with Crippen LogP contribution in [-0.4, -0.2) is 25.5 Å². The van der Waals surface area contributed by atoms with E-state index in [0.29, 0.717) is 17.2 Å². The van der Waals surface area contributed by atoms with Crippen molar-refractivity contribution >= 4 is 17.5 Å². The molecular formula is C20H23FN2O3. The summed E-state index contributed by atoms with van der Waals surface area (Å²) in [5.74, 6) is -1.55. The third-order valence-corrected chi connectivity index (χ3v) is 3.99. The van der Waals surface area contributed by atoms with Gasteiger partial charge in [0, 0.05) is 19.3 Å². The molecule has 26 heavy (non-hydrogen) atoms. The van der Waals surface area contributed by atoms with E-state index in [2.05, 4.69) is 24.5 Å². The number of carbonyl (C=O) groups is 2. The lowest BCUT2D eigenvalue weighted by Gasteiger charge is -2.16. The third kappa shape index (κ3) is 5.39. The number of halogens is 1. The summed E-state index contributed by atoms with van der Waals surface area (Å²) >= 11 is 0. The molecule has 2 rings (SSSR count). The fraction of sp³-hybridized carbons (Fsp3) is 0.300. The predicted octanol–water partition coefficient (Wildman–Crippen LogP) is 3.39. The Bertz CT molecular complexity index is 760. The second kappa shape index (κ2) is 9.10. The Morgan fingerprint density at radius 2 is 1.73 bits per heavy atom. The number of hydrogen-bond donors (Lipinski definition) is 2. The summed E-state index contributed by atoms with van der Waals surface area (Å²) < 4.78 is 18.6. The van der Waals surface area contributed by atoms with Gasteiger partial charge in [0.2, 0.25) is 0 Å². The minimum atomic E-state index is -0.781. The van der Waals surface area contributed by atoms with E-state index in [4.69, 9.17) is 4.74 Å². The molecule has 0 fully saturated rings. The van der Waals surface area contributed by atoms with Crippen LogP contribution in [0, 0.1) is 5.82 Å². The van der Waals surface area contributed by atoms with Gasteiger partial charge in [-0.3, -0.25) is 9.59 Å². The van der Waals surface area contributed by atoms with Crippen LogP contribution in [0.1, 0.15) is 37.0 Å². The molecule has 0 aliphatic carbocycles. The van der Waals surface area contributed by atoms with E-state index in [1.807, 2.05) is 12.1 Å². The van der Waals surface area contributed by atoms with Gasteiger partial charge in [0.15, 0.2) is 0 Å². The summed E-state index contributed by atoms with van der Waals surface area (Å²) in [5, 5.41) is 5.05. The van der Waals surface area contributed by atoms with E-state index in [0.717, 1.165) is 5.56 Å². The van der Waals surface area contributed by atoms with Gasteiger partial charge >= 0.3 is 11.8 Å². The number of rotatable bonds is 6. The van der Waals surface area contributed by atoms with Gasteiger partial charge in [-0.1, -0.05) is 38.1 Å². The highest BCUT2D eigenvalue weighted by molar-refractivity contribution is 6.39. The van der Waals surface area contributed by atoms with Crippen molar-refractivity contribution in [1.82, 2.24) is 5.32 Å².